The van der Waals surface area contributed by atoms with Crippen LogP contribution >= 0.6 is 15.9 Å². The van der Waals surface area contributed by atoms with Gasteiger partial charge in [0.1, 0.15) is 34.2 Å². The van der Waals surface area contributed by atoms with Crippen molar-refractivity contribution in [2.24, 2.45) is 0 Å². The summed E-state index contributed by atoms with van der Waals surface area (Å²) in [6.07, 6.45) is 0. The molecular formula is C20H16BrF2NO2. The van der Waals surface area contributed by atoms with Gasteiger partial charge in [-0.15, -0.1) is 0 Å². The van der Waals surface area contributed by atoms with Crippen molar-refractivity contribution in [2.75, 3.05) is 0 Å². The Kier molecular flexibility index (Phi) is 5.23. The Morgan fingerprint density at radius 3 is 2.23 bits per heavy atom. The van der Waals surface area contributed by atoms with Crippen LogP contribution in [0.5, 0.6) is 5.75 Å². The molecule has 0 saturated heterocycles. The average molecular weight is 420 g/mol. The summed E-state index contributed by atoms with van der Waals surface area (Å²) in [5, 5.41) is 0. The maximum Gasteiger partial charge on any atom is 0.273 e. The first kappa shape index (κ1) is 18.3. The Balaban J connectivity index is 2.10. The number of pyridine rings is 1. The van der Waals surface area contributed by atoms with Crippen LogP contribution in [0.1, 0.15) is 16.8 Å². The van der Waals surface area contributed by atoms with Crippen LogP contribution in [0.15, 0.2) is 57.8 Å². The maximum atomic E-state index is 14.2. The van der Waals surface area contributed by atoms with Gasteiger partial charge in [-0.2, -0.15) is 0 Å². The van der Waals surface area contributed by atoms with Crippen molar-refractivity contribution in [2.45, 2.75) is 20.5 Å². The highest BCUT2D eigenvalue weighted by Gasteiger charge is 2.21. The molecule has 2 aromatic carbocycles. The molecule has 3 aromatic rings. The van der Waals surface area contributed by atoms with Crippen molar-refractivity contribution < 1.29 is 13.5 Å². The van der Waals surface area contributed by atoms with Crippen LogP contribution in [-0.2, 0) is 6.61 Å². The van der Waals surface area contributed by atoms with Gasteiger partial charge in [-0.3, -0.25) is 9.36 Å². The Hall–Kier alpha value is -2.47. The van der Waals surface area contributed by atoms with Gasteiger partial charge < -0.3 is 4.74 Å². The molecule has 0 aliphatic heterocycles. The summed E-state index contributed by atoms with van der Waals surface area (Å²) in [4.78, 5) is 12.8. The first-order chi connectivity index (χ1) is 12.4. The maximum absolute atomic E-state index is 14.2. The number of hydrogen-bond acceptors (Lipinski definition) is 2. The SMILES string of the molecule is Cc1c(OCc2ccccc2)c(Br)c(=O)n(-c2c(F)cccc2F)c1C. The van der Waals surface area contributed by atoms with Crippen LogP contribution in [0.3, 0.4) is 0 Å². The van der Waals surface area contributed by atoms with Crippen molar-refractivity contribution in [1.82, 2.24) is 4.57 Å². The monoisotopic (exact) mass is 419 g/mol. The van der Waals surface area contributed by atoms with Crippen molar-refractivity contribution in [3.8, 4) is 11.4 Å². The molecular weight excluding hydrogens is 404 g/mol. The number of aromatic nitrogens is 1. The number of benzene rings is 2. The molecule has 0 aliphatic rings. The fraction of sp³-hybridized carbons (Fsp3) is 0.150. The minimum absolute atomic E-state index is 0.124. The van der Waals surface area contributed by atoms with Gasteiger partial charge in [-0.05, 0) is 47.5 Å². The van der Waals surface area contributed by atoms with E-state index < -0.39 is 22.9 Å². The summed E-state index contributed by atoms with van der Waals surface area (Å²) >= 11 is 3.23. The van der Waals surface area contributed by atoms with Crippen LogP contribution in [0.4, 0.5) is 8.78 Å². The molecule has 3 rings (SSSR count). The van der Waals surface area contributed by atoms with Crippen LogP contribution in [0, 0.1) is 25.5 Å². The van der Waals surface area contributed by atoms with Crippen molar-refractivity contribution in [1.29, 1.82) is 0 Å². The Morgan fingerprint density at radius 1 is 1.00 bits per heavy atom. The molecule has 0 spiro atoms. The van der Waals surface area contributed by atoms with Gasteiger partial charge in [0.15, 0.2) is 0 Å². The lowest BCUT2D eigenvalue weighted by Crippen LogP contribution is -2.25. The van der Waals surface area contributed by atoms with E-state index in [1.807, 2.05) is 30.3 Å². The van der Waals surface area contributed by atoms with Gasteiger partial charge >= 0.3 is 0 Å². The normalized spacial score (nSPS) is 10.8. The second-order valence-electron chi connectivity index (χ2n) is 5.84. The van der Waals surface area contributed by atoms with E-state index in [1.165, 1.54) is 6.07 Å². The largest absolute Gasteiger partial charge is 0.487 e. The number of nitrogens with zero attached hydrogens (tertiary/aromatic N) is 1. The molecule has 3 nitrogen and oxygen atoms in total. The second-order valence-corrected chi connectivity index (χ2v) is 6.63. The van der Waals surface area contributed by atoms with E-state index in [0.717, 1.165) is 22.3 Å². The summed E-state index contributed by atoms with van der Waals surface area (Å²) in [6, 6.07) is 13.0. The van der Waals surface area contributed by atoms with E-state index in [1.54, 1.807) is 13.8 Å². The van der Waals surface area contributed by atoms with E-state index in [2.05, 4.69) is 15.9 Å². The predicted molar refractivity (Wildman–Crippen MR) is 99.9 cm³/mol. The van der Waals surface area contributed by atoms with Gasteiger partial charge in [-0.1, -0.05) is 36.4 Å². The third-order valence-electron chi connectivity index (χ3n) is 4.20. The summed E-state index contributed by atoms with van der Waals surface area (Å²) in [7, 11) is 0. The highest BCUT2D eigenvalue weighted by molar-refractivity contribution is 9.10. The van der Waals surface area contributed by atoms with Crippen molar-refractivity contribution in [3.63, 3.8) is 0 Å². The Labute approximate surface area is 158 Å². The molecule has 0 bridgehead atoms. The van der Waals surface area contributed by atoms with Crippen LogP contribution in [0.25, 0.3) is 5.69 Å². The van der Waals surface area contributed by atoms with Crippen LogP contribution in [-0.4, -0.2) is 4.57 Å². The molecule has 0 N–H and O–H groups in total. The first-order valence-electron chi connectivity index (χ1n) is 7.94. The Bertz CT molecular complexity index is 996. The van der Waals surface area contributed by atoms with E-state index in [4.69, 9.17) is 4.74 Å². The zero-order valence-corrected chi connectivity index (χ0v) is 15.8. The standard InChI is InChI=1S/C20H16BrF2NO2/c1-12-13(2)24(18-15(22)9-6-10-16(18)23)20(25)17(21)19(12)26-11-14-7-4-3-5-8-14/h3-10H,11H2,1-2H3. The number of hydrogen-bond donors (Lipinski definition) is 0. The first-order valence-corrected chi connectivity index (χ1v) is 8.74. The minimum atomic E-state index is -0.806. The number of para-hydroxylation sites is 1. The molecule has 0 fully saturated rings. The molecule has 26 heavy (non-hydrogen) atoms. The van der Waals surface area contributed by atoms with Crippen molar-refractivity contribution in [3.05, 3.63) is 91.8 Å². The fourth-order valence-corrected chi connectivity index (χ4v) is 3.31. The molecule has 0 radical (unpaired) electrons. The van der Waals surface area contributed by atoms with E-state index in [9.17, 15) is 13.6 Å². The third kappa shape index (κ3) is 3.29. The van der Waals surface area contributed by atoms with Gasteiger partial charge in [-0.25, -0.2) is 8.78 Å². The molecule has 0 amide bonds. The zero-order chi connectivity index (χ0) is 18.8. The summed E-state index contributed by atoms with van der Waals surface area (Å²) in [6.45, 7) is 3.65. The summed E-state index contributed by atoms with van der Waals surface area (Å²) < 4.78 is 35.3. The minimum Gasteiger partial charge on any atom is -0.487 e. The summed E-state index contributed by atoms with van der Waals surface area (Å²) in [5.41, 5.74) is 0.995. The Morgan fingerprint density at radius 2 is 1.62 bits per heavy atom. The second kappa shape index (κ2) is 7.41. The molecule has 0 saturated carbocycles. The van der Waals surface area contributed by atoms with Gasteiger partial charge in [0.2, 0.25) is 0 Å². The lowest BCUT2D eigenvalue weighted by Gasteiger charge is -2.19. The molecule has 6 heteroatoms. The van der Waals surface area contributed by atoms with Gasteiger partial charge in [0.05, 0.1) is 0 Å². The van der Waals surface area contributed by atoms with Crippen LogP contribution < -0.4 is 10.3 Å². The number of ether oxygens (including phenoxy) is 1. The average Bonchev–Trinajstić information content (AvgIpc) is 2.63. The lowest BCUT2D eigenvalue weighted by atomic mass is 10.1. The number of rotatable bonds is 4. The van der Waals surface area contributed by atoms with E-state index in [0.29, 0.717) is 17.0 Å². The van der Waals surface area contributed by atoms with Gasteiger partial charge in [0.25, 0.3) is 5.56 Å². The lowest BCUT2D eigenvalue weighted by molar-refractivity contribution is 0.300. The molecule has 0 atom stereocenters. The third-order valence-corrected chi connectivity index (χ3v) is 4.90. The summed E-state index contributed by atoms with van der Waals surface area (Å²) in [5.74, 6) is -1.25. The number of halogens is 3. The smallest absolute Gasteiger partial charge is 0.273 e. The highest BCUT2D eigenvalue weighted by Crippen LogP contribution is 2.31. The van der Waals surface area contributed by atoms with Crippen LogP contribution in [0.2, 0.25) is 0 Å². The molecule has 134 valence electrons. The molecule has 1 aromatic heterocycles. The van der Waals surface area contributed by atoms with Crippen molar-refractivity contribution >= 4 is 15.9 Å². The molecule has 0 unspecified atom stereocenters. The van der Waals surface area contributed by atoms with Gasteiger partial charge in [0, 0.05) is 11.3 Å². The van der Waals surface area contributed by atoms with E-state index >= 15 is 0 Å². The quantitative estimate of drug-likeness (QED) is 0.590. The predicted octanol–water partition coefficient (Wildman–Crippen LogP) is 5.07. The highest BCUT2D eigenvalue weighted by atomic mass is 79.9. The van der Waals surface area contributed by atoms with E-state index in [-0.39, 0.29) is 11.1 Å². The zero-order valence-electron chi connectivity index (χ0n) is 14.2. The molecule has 0 aliphatic carbocycles. The molecule has 1 heterocycles. The fourth-order valence-electron chi connectivity index (χ4n) is 2.72. The topological polar surface area (TPSA) is 31.2 Å².